The number of carbonyl (C=O) groups excluding carboxylic acids is 1. The fourth-order valence-corrected chi connectivity index (χ4v) is 3.94. The van der Waals surface area contributed by atoms with Crippen molar-refractivity contribution in [3.05, 3.63) is 108 Å². The van der Waals surface area contributed by atoms with Crippen molar-refractivity contribution >= 4 is 5.91 Å². The maximum absolute atomic E-state index is 13.4. The number of amides is 1. The van der Waals surface area contributed by atoms with Crippen LogP contribution >= 0.6 is 0 Å². The normalized spacial score (nSPS) is 14.0. The summed E-state index contributed by atoms with van der Waals surface area (Å²) in [5.41, 5.74) is 3.54. The van der Waals surface area contributed by atoms with E-state index in [1.165, 1.54) is 5.56 Å². The van der Waals surface area contributed by atoms with Crippen molar-refractivity contribution in [1.29, 1.82) is 0 Å². The second-order valence-corrected chi connectivity index (χ2v) is 7.81. The fourth-order valence-electron chi connectivity index (χ4n) is 3.94. The third-order valence-electron chi connectivity index (χ3n) is 5.78. The Morgan fingerprint density at radius 2 is 1.10 bits per heavy atom. The Bertz CT molecular complexity index is 850. The minimum Gasteiger partial charge on any atom is -0.329 e. The number of rotatable bonds is 9. The Balaban J connectivity index is 1.71. The molecule has 3 nitrogen and oxygen atoms in total. The molecule has 0 bridgehead atoms. The Labute approximate surface area is 180 Å². The summed E-state index contributed by atoms with van der Waals surface area (Å²) in [6.45, 7) is 7.02. The van der Waals surface area contributed by atoms with E-state index < -0.39 is 0 Å². The lowest BCUT2D eigenvalue weighted by Crippen LogP contribution is -2.37. The predicted octanol–water partition coefficient (Wildman–Crippen LogP) is 6.08. The summed E-state index contributed by atoms with van der Waals surface area (Å²) < 4.78 is 0. The monoisotopic (exact) mass is 400 g/mol. The highest BCUT2D eigenvalue weighted by atomic mass is 16.2. The van der Waals surface area contributed by atoms with Gasteiger partial charge in [-0.1, -0.05) is 91.0 Å². The van der Waals surface area contributed by atoms with Gasteiger partial charge in [-0.15, -0.1) is 0 Å². The van der Waals surface area contributed by atoms with Crippen LogP contribution in [0.4, 0.5) is 0 Å². The molecule has 0 fully saturated rings. The molecule has 1 N–H and O–H groups in total. The highest BCUT2D eigenvalue weighted by Crippen LogP contribution is 2.31. The van der Waals surface area contributed by atoms with E-state index in [0.29, 0.717) is 13.0 Å². The molecule has 1 amide bonds. The molecule has 0 heterocycles. The molecule has 0 radical (unpaired) electrons. The minimum absolute atomic E-state index is 0.000419. The van der Waals surface area contributed by atoms with E-state index >= 15 is 0 Å². The van der Waals surface area contributed by atoms with Gasteiger partial charge < -0.3 is 10.2 Å². The molecule has 0 aliphatic heterocycles. The molecule has 0 saturated heterocycles. The highest BCUT2D eigenvalue weighted by molar-refractivity contribution is 5.77. The standard InChI is InChI=1S/C27H32N2O/c1-21(24-13-7-4-8-14-24)28-20-19-27(30)29(22(2)25-15-9-5-10-16-25)23(3)26-17-11-6-12-18-26/h4-18,21-23,28H,19-20H2,1-3H3/t21-,22-,23-/m1/s1. The van der Waals surface area contributed by atoms with Gasteiger partial charge in [0.05, 0.1) is 12.1 Å². The molecule has 0 saturated carbocycles. The molecule has 3 heteroatoms. The zero-order chi connectivity index (χ0) is 21.3. The van der Waals surface area contributed by atoms with Gasteiger partial charge >= 0.3 is 0 Å². The van der Waals surface area contributed by atoms with Crippen molar-refractivity contribution in [2.45, 2.75) is 45.3 Å². The van der Waals surface area contributed by atoms with Gasteiger partial charge in [-0.2, -0.15) is 0 Å². The van der Waals surface area contributed by atoms with E-state index in [1.807, 2.05) is 59.5 Å². The van der Waals surface area contributed by atoms with Crippen LogP contribution in [0.15, 0.2) is 91.0 Å². The molecular formula is C27H32N2O. The van der Waals surface area contributed by atoms with Gasteiger partial charge in [0.15, 0.2) is 0 Å². The van der Waals surface area contributed by atoms with Gasteiger partial charge in [0, 0.05) is 19.0 Å². The van der Waals surface area contributed by atoms with Crippen LogP contribution in [0, 0.1) is 0 Å². The Kier molecular flexibility index (Phi) is 7.81. The first kappa shape index (κ1) is 21.8. The van der Waals surface area contributed by atoms with Crippen LogP contribution in [-0.2, 0) is 4.79 Å². The summed E-state index contributed by atoms with van der Waals surface area (Å²) >= 11 is 0. The summed E-state index contributed by atoms with van der Waals surface area (Å²) in [4.78, 5) is 15.4. The lowest BCUT2D eigenvalue weighted by Gasteiger charge is -2.35. The predicted molar refractivity (Wildman–Crippen MR) is 124 cm³/mol. The van der Waals surface area contributed by atoms with E-state index in [4.69, 9.17) is 0 Å². The summed E-state index contributed by atoms with van der Waals surface area (Å²) in [7, 11) is 0. The third kappa shape index (κ3) is 5.58. The first-order valence-corrected chi connectivity index (χ1v) is 10.8. The van der Waals surface area contributed by atoms with E-state index in [1.54, 1.807) is 0 Å². The van der Waals surface area contributed by atoms with Crippen LogP contribution in [0.5, 0.6) is 0 Å². The smallest absolute Gasteiger partial charge is 0.224 e. The summed E-state index contributed by atoms with van der Waals surface area (Å²) in [5, 5.41) is 3.49. The van der Waals surface area contributed by atoms with E-state index in [0.717, 1.165) is 11.1 Å². The number of nitrogens with one attached hydrogen (secondary N) is 1. The number of hydrogen-bond acceptors (Lipinski definition) is 2. The molecule has 156 valence electrons. The van der Waals surface area contributed by atoms with Crippen molar-refractivity contribution in [1.82, 2.24) is 10.2 Å². The van der Waals surface area contributed by atoms with Gasteiger partial charge in [0.2, 0.25) is 5.91 Å². The van der Waals surface area contributed by atoms with Crippen LogP contribution in [0.3, 0.4) is 0 Å². The molecular weight excluding hydrogens is 368 g/mol. The van der Waals surface area contributed by atoms with Crippen molar-refractivity contribution in [3.63, 3.8) is 0 Å². The Hall–Kier alpha value is -2.91. The van der Waals surface area contributed by atoms with Crippen LogP contribution in [0.25, 0.3) is 0 Å². The number of nitrogens with zero attached hydrogens (tertiary/aromatic N) is 1. The Morgan fingerprint density at radius 1 is 0.700 bits per heavy atom. The van der Waals surface area contributed by atoms with Gasteiger partial charge in [0.1, 0.15) is 0 Å². The first-order chi connectivity index (χ1) is 14.6. The third-order valence-corrected chi connectivity index (χ3v) is 5.78. The summed E-state index contributed by atoms with van der Waals surface area (Å²) in [6, 6.07) is 31.1. The first-order valence-electron chi connectivity index (χ1n) is 10.8. The number of hydrogen-bond donors (Lipinski definition) is 1. The molecule has 3 atom stereocenters. The average Bonchev–Trinajstić information content (AvgIpc) is 2.80. The van der Waals surface area contributed by atoms with Crippen LogP contribution < -0.4 is 5.32 Å². The maximum atomic E-state index is 13.4. The van der Waals surface area contributed by atoms with Crippen molar-refractivity contribution < 1.29 is 4.79 Å². The molecule has 0 aliphatic carbocycles. The molecule has 0 spiro atoms. The maximum Gasteiger partial charge on any atom is 0.224 e. The van der Waals surface area contributed by atoms with E-state index in [9.17, 15) is 4.79 Å². The molecule has 0 aliphatic rings. The zero-order valence-electron chi connectivity index (χ0n) is 18.2. The number of benzene rings is 3. The van der Waals surface area contributed by atoms with Crippen LogP contribution in [-0.4, -0.2) is 17.4 Å². The van der Waals surface area contributed by atoms with Crippen LogP contribution in [0.1, 0.15) is 62.0 Å². The van der Waals surface area contributed by atoms with Gasteiger partial charge in [-0.3, -0.25) is 4.79 Å². The largest absolute Gasteiger partial charge is 0.329 e. The molecule has 0 unspecified atom stereocenters. The van der Waals surface area contributed by atoms with Crippen molar-refractivity contribution in [3.8, 4) is 0 Å². The van der Waals surface area contributed by atoms with Crippen LogP contribution in [0.2, 0.25) is 0 Å². The second-order valence-electron chi connectivity index (χ2n) is 7.81. The molecule has 3 aromatic carbocycles. The van der Waals surface area contributed by atoms with E-state index in [-0.39, 0.29) is 24.0 Å². The van der Waals surface area contributed by atoms with Gasteiger partial charge in [0.25, 0.3) is 0 Å². The fraction of sp³-hybridized carbons (Fsp3) is 0.296. The zero-order valence-corrected chi connectivity index (χ0v) is 18.2. The Morgan fingerprint density at radius 3 is 1.53 bits per heavy atom. The van der Waals surface area contributed by atoms with E-state index in [2.05, 4.69) is 62.5 Å². The van der Waals surface area contributed by atoms with Crippen molar-refractivity contribution in [2.75, 3.05) is 6.54 Å². The molecule has 0 aromatic heterocycles. The van der Waals surface area contributed by atoms with Gasteiger partial charge in [-0.05, 0) is 37.5 Å². The molecule has 3 rings (SSSR count). The van der Waals surface area contributed by atoms with Crippen molar-refractivity contribution in [2.24, 2.45) is 0 Å². The quantitative estimate of drug-likeness (QED) is 0.472. The summed E-state index contributed by atoms with van der Waals surface area (Å²) in [5.74, 6) is 0.162. The molecule has 30 heavy (non-hydrogen) atoms. The molecule has 3 aromatic rings. The lowest BCUT2D eigenvalue weighted by molar-refractivity contribution is -0.135. The lowest BCUT2D eigenvalue weighted by atomic mass is 10.0. The average molecular weight is 401 g/mol. The van der Waals surface area contributed by atoms with Gasteiger partial charge in [-0.25, -0.2) is 0 Å². The number of carbonyl (C=O) groups is 1. The SMILES string of the molecule is C[C@H](c1ccccc1)N(C(=O)CCN[C@H](C)c1ccccc1)[C@H](C)c1ccccc1. The highest BCUT2D eigenvalue weighted by Gasteiger charge is 2.27. The topological polar surface area (TPSA) is 32.3 Å². The minimum atomic E-state index is 0.000419. The summed E-state index contributed by atoms with van der Waals surface area (Å²) in [6.07, 6.45) is 0.464. The second kappa shape index (κ2) is 10.7.